The van der Waals surface area contributed by atoms with Gasteiger partial charge in [-0.15, -0.1) is 0 Å². The molecule has 6 aliphatic heterocycles. The molecule has 17 atom stereocenters. The summed E-state index contributed by atoms with van der Waals surface area (Å²) < 4.78 is 0.519. The van der Waals surface area contributed by atoms with Gasteiger partial charge in [-0.05, 0) is 110 Å². The second-order valence-corrected chi connectivity index (χ2v) is 20.5. The molecule has 5 saturated heterocycles. The number of fused-ring (bicyclic) bond motifs is 21. The van der Waals surface area contributed by atoms with Crippen molar-refractivity contribution in [2.45, 2.75) is 150 Å². The van der Waals surface area contributed by atoms with Crippen LogP contribution in [0, 0.1) is 47.3 Å². The average Bonchev–Trinajstić information content (AvgIpc) is 3.98. The Balaban J connectivity index is 0.902. The Morgan fingerprint density at radius 2 is 0.792 bits per heavy atom. The van der Waals surface area contributed by atoms with E-state index in [1.54, 1.807) is 4.90 Å². The van der Waals surface area contributed by atoms with E-state index >= 15 is 0 Å². The minimum absolute atomic E-state index is 0.0983. The monoisotopic (exact) mass is 738 g/mol. The van der Waals surface area contributed by atoms with Gasteiger partial charge in [0.25, 0.3) is 11.8 Å². The third-order valence-corrected chi connectivity index (χ3v) is 18.4. The van der Waals surface area contributed by atoms with Gasteiger partial charge < -0.3 is 0 Å². The van der Waals surface area contributed by atoms with Crippen molar-refractivity contribution in [1.29, 1.82) is 0 Å². The molecule has 9 fully saturated rings. The summed E-state index contributed by atoms with van der Waals surface area (Å²) >= 11 is -0.117. The van der Waals surface area contributed by atoms with Crippen LogP contribution in [0.4, 0.5) is 0 Å². The molecule has 53 heavy (non-hydrogen) atoms. The predicted octanol–water partition coefficient (Wildman–Crippen LogP) is 2.96. The zero-order chi connectivity index (χ0) is 35.2. The van der Waals surface area contributed by atoms with Crippen molar-refractivity contribution in [2.75, 3.05) is 5.41 Å². The number of carbonyl (C=O) groups excluding carboxylic acids is 2. The van der Waals surface area contributed by atoms with Gasteiger partial charge in [0.05, 0.1) is 60.5 Å². The molecule has 4 saturated carbocycles. The van der Waals surface area contributed by atoms with Gasteiger partial charge in [0.1, 0.15) is 0 Å². The van der Waals surface area contributed by atoms with Crippen molar-refractivity contribution < 1.29 is 9.59 Å². The first-order valence-corrected chi connectivity index (χ1v) is 23.4. The number of rotatable bonds is 3. The van der Waals surface area contributed by atoms with Crippen LogP contribution in [0.15, 0.2) is 24.3 Å². The average molecular weight is 739 g/mol. The summed E-state index contributed by atoms with van der Waals surface area (Å²) in [6, 6.07) is 7.38. The van der Waals surface area contributed by atoms with E-state index in [1.807, 2.05) is 24.3 Å². The van der Waals surface area contributed by atoms with E-state index in [-0.39, 0.29) is 45.5 Å². The first-order chi connectivity index (χ1) is 26.1. The maximum Gasteiger partial charge on any atom is 0.260 e. The summed E-state index contributed by atoms with van der Waals surface area (Å²) in [6.45, 7) is 0. The molecular weight excluding hydrogens is 677 g/mol. The lowest BCUT2D eigenvalue weighted by atomic mass is 9.76. The Morgan fingerprint density at radius 1 is 0.453 bits per heavy atom. The highest BCUT2D eigenvalue weighted by Gasteiger charge is 2.55. The van der Waals surface area contributed by atoms with Crippen LogP contribution in [-0.2, 0) is 0 Å². The van der Waals surface area contributed by atoms with Gasteiger partial charge >= 0.3 is 0 Å². The Bertz CT molecular complexity index is 1530. The quantitative estimate of drug-likeness (QED) is 0.173. The molecule has 2 amide bonds. The molecule has 11 rings (SSSR count). The van der Waals surface area contributed by atoms with E-state index in [0.717, 1.165) is 0 Å². The predicted molar refractivity (Wildman–Crippen MR) is 204 cm³/mol. The summed E-state index contributed by atoms with van der Waals surface area (Å²) in [5.41, 5.74) is 1.15. The normalized spacial score (nSPS) is 48.8. The minimum Gasteiger partial charge on any atom is -0.289 e. The van der Waals surface area contributed by atoms with E-state index in [0.29, 0.717) is 99.5 Å². The van der Waals surface area contributed by atoms with Crippen LogP contribution in [0.5, 0.6) is 0 Å². The van der Waals surface area contributed by atoms with Crippen molar-refractivity contribution in [3.63, 3.8) is 0 Å². The highest BCUT2D eigenvalue weighted by atomic mass is 27.1. The number of imide groups is 1. The molecular formula is C41H61AlN9O2. The molecule has 12 heteroatoms. The third-order valence-electron chi connectivity index (χ3n) is 16.4. The molecule has 11 nitrogen and oxygen atoms in total. The second-order valence-electron chi connectivity index (χ2n) is 18.8. The standard InChI is InChI=1S/C32H55N8.C9H6NO2.Al/c1-2-10-18-17(9-1)25-33-26(18)38-28-21-13-5-6-14-22(21)30(35-28)40-32-24-16-8-7-15-23(24)31(36-32)39-29-20-12-4-3-11-19(20)27(34-29)37-25;1-10-8(11)6-4-2-3-5-7(6)9(10)12;/h9,17-40H,1-8,10-16H2;2-5H,1H2;. The highest BCUT2D eigenvalue weighted by molar-refractivity contribution is 6.40. The lowest BCUT2D eigenvalue weighted by Gasteiger charge is -2.40. The number of hydrogen-bond donors (Lipinski definition) is 8. The minimum atomic E-state index is -0.117. The van der Waals surface area contributed by atoms with Gasteiger partial charge in [0.15, 0.2) is 0 Å². The Hall–Kier alpha value is -1.43. The molecule has 8 N–H and O–H groups in total. The van der Waals surface area contributed by atoms with Crippen LogP contribution in [-0.4, -0.2) is 86.7 Å². The van der Waals surface area contributed by atoms with Crippen LogP contribution in [0.3, 0.4) is 0 Å². The van der Waals surface area contributed by atoms with Gasteiger partial charge in [0, 0.05) is 0 Å². The van der Waals surface area contributed by atoms with E-state index in [4.69, 9.17) is 0 Å². The van der Waals surface area contributed by atoms with Crippen molar-refractivity contribution in [3.05, 3.63) is 35.4 Å². The molecule has 10 aliphatic rings. The number of hydrogen-bond acceptors (Lipinski definition) is 10. The fourth-order valence-corrected chi connectivity index (χ4v) is 16.1. The largest absolute Gasteiger partial charge is 0.289 e. The molecule has 1 aromatic rings. The summed E-state index contributed by atoms with van der Waals surface area (Å²) in [5.74, 6) is 4.71. The smallest absolute Gasteiger partial charge is 0.260 e. The Kier molecular flexibility index (Phi) is 9.32. The Labute approximate surface area is 321 Å². The lowest BCUT2D eigenvalue weighted by Crippen LogP contribution is -2.61. The zero-order valence-corrected chi connectivity index (χ0v) is 32.4. The molecule has 8 bridgehead atoms. The number of carbonyl (C=O) groups is 2. The number of benzene rings is 1. The fourth-order valence-electron chi connectivity index (χ4n) is 14.0. The maximum atomic E-state index is 13.4. The fraction of sp³-hybridized carbons (Fsp3) is 0.805. The summed E-state index contributed by atoms with van der Waals surface area (Å²) in [4.78, 5) is 28.4. The van der Waals surface area contributed by atoms with Gasteiger partial charge in [-0.1, -0.05) is 68.3 Å². The van der Waals surface area contributed by atoms with Crippen molar-refractivity contribution >= 4 is 27.0 Å². The van der Waals surface area contributed by atoms with Crippen molar-refractivity contribution in [2.24, 2.45) is 47.3 Å². The van der Waals surface area contributed by atoms with Gasteiger partial charge in [0.2, 0.25) is 15.2 Å². The zero-order valence-electron chi connectivity index (χ0n) is 31.3. The molecule has 285 valence electrons. The van der Waals surface area contributed by atoms with Crippen molar-refractivity contribution in [1.82, 2.24) is 47.4 Å². The topological polar surface area (TPSA) is 134 Å². The van der Waals surface area contributed by atoms with Gasteiger partial charge in [-0.3, -0.25) is 57.0 Å². The second kappa shape index (κ2) is 14.2. The molecule has 0 aromatic heterocycles. The maximum absolute atomic E-state index is 13.4. The van der Waals surface area contributed by atoms with Crippen LogP contribution in [0.25, 0.3) is 0 Å². The molecule has 1 radical (unpaired) electrons. The van der Waals surface area contributed by atoms with Gasteiger partial charge in [-0.2, -0.15) is 0 Å². The molecule has 17 unspecified atom stereocenters. The van der Waals surface area contributed by atoms with Crippen LogP contribution < -0.4 is 42.5 Å². The molecule has 1 aromatic carbocycles. The molecule has 4 aliphatic carbocycles. The summed E-state index contributed by atoms with van der Waals surface area (Å²) in [5, 5.41) is 34.6. The highest BCUT2D eigenvalue weighted by Crippen LogP contribution is 2.48. The number of nitrogens with one attached hydrogen (secondary N) is 8. The first-order valence-electron chi connectivity index (χ1n) is 22.0. The summed E-state index contributed by atoms with van der Waals surface area (Å²) in [7, 11) is 0. The SMILES string of the molecule is O=C1c2ccccc2C(=O)N1[CH2][Al][CH]1CCCC2C3NC4NC(NC5NC(NC6NC(NC(N3)C12)C1CCCCC61)C1CCCCC51)C1CCCCC41. The van der Waals surface area contributed by atoms with Crippen LogP contribution in [0.2, 0.25) is 4.78 Å². The Morgan fingerprint density at radius 3 is 1.19 bits per heavy atom. The van der Waals surface area contributed by atoms with Crippen LogP contribution in [0.1, 0.15) is 117 Å². The molecule has 0 spiro atoms. The molecule has 6 heterocycles. The van der Waals surface area contributed by atoms with Gasteiger partial charge in [-0.25, -0.2) is 0 Å². The summed E-state index contributed by atoms with van der Waals surface area (Å²) in [6.07, 6.45) is 21.9. The van der Waals surface area contributed by atoms with E-state index < -0.39 is 0 Å². The van der Waals surface area contributed by atoms with Crippen molar-refractivity contribution in [3.8, 4) is 0 Å². The van der Waals surface area contributed by atoms with Crippen LogP contribution >= 0.6 is 0 Å². The van der Waals surface area contributed by atoms with E-state index in [2.05, 4.69) is 42.5 Å². The lowest BCUT2D eigenvalue weighted by molar-refractivity contribution is 0.0679. The first kappa shape index (κ1) is 34.8. The number of amides is 2. The number of nitrogens with zero attached hydrogens (tertiary/aromatic N) is 1. The van der Waals surface area contributed by atoms with E-state index in [1.165, 1.54) is 96.3 Å². The third kappa shape index (κ3) is 5.95. The van der Waals surface area contributed by atoms with E-state index in [9.17, 15) is 9.59 Å².